The summed E-state index contributed by atoms with van der Waals surface area (Å²) in [4.78, 5) is 19.0. The molecule has 1 aromatic rings. The summed E-state index contributed by atoms with van der Waals surface area (Å²) in [6, 6.07) is 8.65. The molecule has 7 heteroatoms. The number of rotatable bonds is 10. The van der Waals surface area contributed by atoms with Gasteiger partial charge in [0.15, 0.2) is 5.96 Å². The number of hydrogen-bond acceptors (Lipinski definition) is 3. The minimum absolute atomic E-state index is 0. The molecule has 1 heterocycles. The molecule has 1 amide bonds. The van der Waals surface area contributed by atoms with Crippen molar-refractivity contribution in [3.63, 3.8) is 0 Å². The highest BCUT2D eigenvalue weighted by Gasteiger charge is 2.26. The summed E-state index contributed by atoms with van der Waals surface area (Å²) in [6.45, 7) is 9.53. The van der Waals surface area contributed by atoms with E-state index in [1.165, 1.54) is 5.56 Å². The molecule has 1 aliphatic heterocycles. The number of hydrogen-bond donors (Lipinski definition) is 2. The fourth-order valence-electron chi connectivity index (χ4n) is 3.86. The van der Waals surface area contributed by atoms with Crippen molar-refractivity contribution in [1.82, 2.24) is 15.5 Å². The van der Waals surface area contributed by atoms with Crippen molar-refractivity contribution in [1.29, 1.82) is 0 Å². The molecule has 1 aromatic carbocycles. The third kappa shape index (κ3) is 9.25. The zero-order valence-electron chi connectivity index (χ0n) is 19.7. The standard InChI is InChI=1S/C24H40N4O2.HI/c1-5-17-30-22-10-8-9-19(18-22)11-14-26-24(25-4)27-21-12-15-28(16-13-21)23(29)20(6-2)7-3;/h8-10,18,20-21H,5-7,11-17H2,1-4H3,(H2,25,26,27);1H. The van der Waals surface area contributed by atoms with E-state index in [-0.39, 0.29) is 29.9 Å². The van der Waals surface area contributed by atoms with Crippen molar-refractivity contribution in [3.05, 3.63) is 29.8 Å². The van der Waals surface area contributed by atoms with Gasteiger partial charge in [0.25, 0.3) is 0 Å². The van der Waals surface area contributed by atoms with Crippen LogP contribution in [-0.4, -0.2) is 56.1 Å². The van der Waals surface area contributed by atoms with Crippen LogP contribution in [0, 0.1) is 5.92 Å². The molecule has 1 aliphatic rings. The van der Waals surface area contributed by atoms with E-state index in [4.69, 9.17) is 4.74 Å². The molecule has 6 nitrogen and oxygen atoms in total. The van der Waals surface area contributed by atoms with Crippen molar-refractivity contribution in [2.45, 2.75) is 65.3 Å². The van der Waals surface area contributed by atoms with E-state index in [9.17, 15) is 4.79 Å². The SMILES string of the molecule is CCCOc1cccc(CCNC(=NC)NC2CCN(C(=O)C(CC)CC)CC2)c1.I. The van der Waals surface area contributed by atoms with Crippen LogP contribution in [0.25, 0.3) is 0 Å². The summed E-state index contributed by atoms with van der Waals surface area (Å²) < 4.78 is 5.71. The van der Waals surface area contributed by atoms with Crippen LogP contribution in [0.4, 0.5) is 0 Å². The molecule has 1 fully saturated rings. The van der Waals surface area contributed by atoms with Gasteiger partial charge in [-0.2, -0.15) is 0 Å². The number of carbonyl (C=O) groups excluding carboxylic acids is 1. The van der Waals surface area contributed by atoms with Gasteiger partial charge in [0.05, 0.1) is 6.61 Å². The van der Waals surface area contributed by atoms with Gasteiger partial charge < -0.3 is 20.3 Å². The topological polar surface area (TPSA) is 66.0 Å². The summed E-state index contributed by atoms with van der Waals surface area (Å²) in [5, 5.41) is 6.94. The Kier molecular flexibility index (Phi) is 13.6. The lowest BCUT2D eigenvalue weighted by Gasteiger charge is -2.34. The van der Waals surface area contributed by atoms with Crippen molar-refractivity contribution in [3.8, 4) is 5.75 Å². The highest BCUT2D eigenvalue weighted by molar-refractivity contribution is 14.0. The van der Waals surface area contributed by atoms with Gasteiger partial charge in [-0.15, -0.1) is 24.0 Å². The van der Waals surface area contributed by atoms with Crippen LogP contribution in [0.5, 0.6) is 5.75 Å². The van der Waals surface area contributed by atoms with E-state index in [1.54, 1.807) is 7.05 Å². The quantitative estimate of drug-likeness (QED) is 0.263. The summed E-state index contributed by atoms with van der Waals surface area (Å²) in [5.74, 6) is 2.27. The number of nitrogens with one attached hydrogen (secondary N) is 2. The number of likely N-dealkylation sites (tertiary alicyclic amines) is 1. The Bertz CT molecular complexity index is 671. The van der Waals surface area contributed by atoms with Crippen molar-refractivity contribution in [2.24, 2.45) is 10.9 Å². The molecule has 176 valence electrons. The van der Waals surface area contributed by atoms with E-state index in [0.717, 1.165) is 76.5 Å². The van der Waals surface area contributed by atoms with Gasteiger partial charge in [-0.3, -0.25) is 9.79 Å². The third-order valence-electron chi connectivity index (χ3n) is 5.78. The highest BCUT2D eigenvalue weighted by Crippen LogP contribution is 2.17. The smallest absolute Gasteiger partial charge is 0.225 e. The second kappa shape index (κ2) is 15.3. The van der Waals surface area contributed by atoms with Crippen LogP contribution in [0.15, 0.2) is 29.3 Å². The molecule has 0 unspecified atom stereocenters. The van der Waals surface area contributed by atoms with Crippen LogP contribution in [-0.2, 0) is 11.2 Å². The predicted octanol–water partition coefficient (Wildman–Crippen LogP) is 4.23. The lowest BCUT2D eigenvalue weighted by Crippen LogP contribution is -2.50. The zero-order valence-corrected chi connectivity index (χ0v) is 22.0. The van der Waals surface area contributed by atoms with Gasteiger partial charge in [0.2, 0.25) is 5.91 Å². The van der Waals surface area contributed by atoms with Crippen molar-refractivity contribution >= 4 is 35.8 Å². The molecular weight excluding hydrogens is 503 g/mol. The first-order valence-corrected chi connectivity index (χ1v) is 11.6. The number of ether oxygens (including phenoxy) is 1. The maximum Gasteiger partial charge on any atom is 0.225 e. The van der Waals surface area contributed by atoms with Gasteiger partial charge in [-0.1, -0.05) is 32.9 Å². The Labute approximate surface area is 205 Å². The molecule has 0 aliphatic carbocycles. The normalized spacial score (nSPS) is 14.9. The van der Waals surface area contributed by atoms with E-state index in [1.807, 2.05) is 17.0 Å². The number of benzene rings is 1. The van der Waals surface area contributed by atoms with E-state index in [0.29, 0.717) is 11.9 Å². The fraction of sp³-hybridized carbons (Fsp3) is 0.667. The molecule has 31 heavy (non-hydrogen) atoms. The Balaban J connectivity index is 0.00000480. The fourth-order valence-corrected chi connectivity index (χ4v) is 3.86. The number of aliphatic imine (C=N–C) groups is 1. The summed E-state index contributed by atoms with van der Waals surface area (Å²) >= 11 is 0. The van der Waals surface area contributed by atoms with Gasteiger partial charge in [0, 0.05) is 38.6 Å². The summed E-state index contributed by atoms with van der Waals surface area (Å²) in [6.07, 6.45) is 5.70. The second-order valence-electron chi connectivity index (χ2n) is 8.00. The first-order chi connectivity index (χ1) is 14.6. The molecule has 2 N–H and O–H groups in total. The van der Waals surface area contributed by atoms with Gasteiger partial charge in [-0.25, -0.2) is 0 Å². The number of nitrogens with zero attached hydrogens (tertiary/aromatic N) is 2. The van der Waals surface area contributed by atoms with Gasteiger partial charge in [-0.05, 0) is 56.2 Å². The maximum atomic E-state index is 12.6. The largest absolute Gasteiger partial charge is 0.494 e. The van der Waals surface area contributed by atoms with E-state index in [2.05, 4.69) is 48.5 Å². The molecule has 0 radical (unpaired) electrons. The molecule has 0 saturated carbocycles. The van der Waals surface area contributed by atoms with Crippen LogP contribution in [0.1, 0.15) is 58.4 Å². The molecule has 0 atom stereocenters. The zero-order chi connectivity index (χ0) is 21.8. The number of guanidine groups is 1. The average Bonchev–Trinajstić information content (AvgIpc) is 2.78. The monoisotopic (exact) mass is 544 g/mol. The molecule has 0 spiro atoms. The minimum atomic E-state index is 0. The van der Waals surface area contributed by atoms with Gasteiger partial charge in [0.1, 0.15) is 5.75 Å². The van der Waals surface area contributed by atoms with Crippen LogP contribution in [0.2, 0.25) is 0 Å². The Morgan fingerprint density at radius 3 is 2.55 bits per heavy atom. The molecule has 0 aromatic heterocycles. The molecule has 2 rings (SSSR count). The summed E-state index contributed by atoms with van der Waals surface area (Å²) in [5.41, 5.74) is 1.25. The first-order valence-electron chi connectivity index (χ1n) is 11.6. The minimum Gasteiger partial charge on any atom is -0.494 e. The number of carbonyl (C=O) groups is 1. The van der Waals surface area contributed by atoms with E-state index < -0.39 is 0 Å². The number of piperidine rings is 1. The highest BCUT2D eigenvalue weighted by atomic mass is 127. The predicted molar refractivity (Wildman–Crippen MR) is 140 cm³/mol. The number of halogens is 1. The average molecular weight is 545 g/mol. The van der Waals surface area contributed by atoms with Gasteiger partial charge >= 0.3 is 0 Å². The van der Waals surface area contributed by atoms with Crippen LogP contribution >= 0.6 is 24.0 Å². The molecule has 0 bridgehead atoms. The lowest BCUT2D eigenvalue weighted by atomic mass is 9.98. The van der Waals surface area contributed by atoms with Crippen molar-refractivity contribution < 1.29 is 9.53 Å². The summed E-state index contributed by atoms with van der Waals surface area (Å²) in [7, 11) is 1.81. The molecular formula is C24H41IN4O2. The second-order valence-corrected chi connectivity index (χ2v) is 8.00. The molecule has 1 saturated heterocycles. The van der Waals surface area contributed by atoms with E-state index >= 15 is 0 Å². The number of amides is 1. The van der Waals surface area contributed by atoms with Crippen LogP contribution in [0.3, 0.4) is 0 Å². The Morgan fingerprint density at radius 1 is 1.23 bits per heavy atom. The first kappa shape index (κ1) is 27.5. The van der Waals surface area contributed by atoms with Crippen LogP contribution < -0.4 is 15.4 Å². The van der Waals surface area contributed by atoms with Crippen molar-refractivity contribution in [2.75, 3.05) is 33.3 Å². The maximum absolute atomic E-state index is 12.6. The Morgan fingerprint density at radius 2 is 1.94 bits per heavy atom. The third-order valence-corrected chi connectivity index (χ3v) is 5.78. The Hall–Kier alpha value is -1.51. The lowest BCUT2D eigenvalue weighted by molar-refractivity contribution is -0.136.